The monoisotopic (exact) mass is 428 g/mol. The van der Waals surface area contributed by atoms with Crippen molar-refractivity contribution < 1.29 is 9.13 Å². The summed E-state index contributed by atoms with van der Waals surface area (Å²) in [7, 11) is 1.63. The van der Waals surface area contributed by atoms with Gasteiger partial charge < -0.3 is 10.1 Å². The van der Waals surface area contributed by atoms with Crippen molar-refractivity contribution in [3.05, 3.63) is 84.4 Å². The number of hydrogen-bond donors (Lipinski definition) is 1. The van der Waals surface area contributed by atoms with E-state index in [1.807, 2.05) is 12.1 Å². The van der Waals surface area contributed by atoms with Crippen LogP contribution in [-0.4, -0.2) is 41.6 Å². The van der Waals surface area contributed by atoms with Crippen LogP contribution in [0.15, 0.2) is 73.1 Å². The Hall–Kier alpha value is -3.51. The second-order valence-corrected chi connectivity index (χ2v) is 8.23. The van der Waals surface area contributed by atoms with Crippen LogP contribution in [0.1, 0.15) is 5.56 Å². The van der Waals surface area contributed by atoms with Gasteiger partial charge in [0.2, 0.25) is 0 Å². The smallest absolute Gasteiger partial charge is 0.145 e. The Morgan fingerprint density at radius 1 is 1.00 bits per heavy atom. The number of likely N-dealkylation sites (tertiary alicyclic amines) is 1. The Balaban J connectivity index is 1.32. The zero-order chi connectivity index (χ0) is 21.9. The minimum absolute atomic E-state index is 0.256. The lowest BCUT2D eigenvalue weighted by Gasteiger charge is -2.39. The summed E-state index contributed by atoms with van der Waals surface area (Å²) in [5.74, 6) is 1.78. The standard InChI is InChI=1S/C26H25FN4O/c1-32-24-12-21(20-7-9-22(27)10-8-20)11-23-25(24)29-17-30-26(23)28-13-19-15-31(16-19)14-18-5-3-2-4-6-18/h2-12,17,19H,13-16H2,1H3,(H,28,29,30). The van der Waals surface area contributed by atoms with Crippen LogP contribution in [0.4, 0.5) is 10.2 Å². The van der Waals surface area contributed by atoms with Gasteiger partial charge in [0, 0.05) is 37.5 Å². The fraction of sp³-hybridized carbons (Fsp3) is 0.231. The number of hydrogen-bond acceptors (Lipinski definition) is 5. The number of nitrogens with one attached hydrogen (secondary N) is 1. The average Bonchev–Trinajstić information content (AvgIpc) is 2.81. The van der Waals surface area contributed by atoms with Crippen LogP contribution in [-0.2, 0) is 6.54 Å². The number of halogens is 1. The summed E-state index contributed by atoms with van der Waals surface area (Å²) in [5.41, 5.74) is 3.96. The van der Waals surface area contributed by atoms with E-state index in [1.165, 1.54) is 17.7 Å². The molecule has 3 aromatic carbocycles. The minimum atomic E-state index is -0.256. The van der Waals surface area contributed by atoms with Gasteiger partial charge in [-0.15, -0.1) is 0 Å². The molecule has 1 fully saturated rings. The van der Waals surface area contributed by atoms with E-state index in [-0.39, 0.29) is 5.82 Å². The number of benzene rings is 3. The summed E-state index contributed by atoms with van der Waals surface area (Å²) in [4.78, 5) is 11.4. The molecule has 0 saturated carbocycles. The van der Waals surface area contributed by atoms with E-state index in [2.05, 4.69) is 50.5 Å². The van der Waals surface area contributed by atoms with Gasteiger partial charge in [-0.3, -0.25) is 4.90 Å². The summed E-state index contributed by atoms with van der Waals surface area (Å²) in [6.07, 6.45) is 1.56. The second kappa shape index (κ2) is 8.93. The molecule has 6 heteroatoms. The molecule has 1 aliphatic rings. The van der Waals surface area contributed by atoms with Gasteiger partial charge in [-0.2, -0.15) is 0 Å². The molecule has 1 aromatic heterocycles. The number of anilines is 1. The van der Waals surface area contributed by atoms with Crippen LogP contribution in [0, 0.1) is 11.7 Å². The highest BCUT2D eigenvalue weighted by molar-refractivity contribution is 5.96. The van der Waals surface area contributed by atoms with Crippen LogP contribution >= 0.6 is 0 Å². The number of rotatable bonds is 7. The van der Waals surface area contributed by atoms with Gasteiger partial charge in [0.25, 0.3) is 0 Å². The first-order valence-corrected chi connectivity index (χ1v) is 10.8. The summed E-state index contributed by atoms with van der Waals surface area (Å²) < 4.78 is 19.0. The highest BCUT2D eigenvalue weighted by atomic mass is 19.1. The van der Waals surface area contributed by atoms with Gasteiger partial charge >= 0.3 is 0 Å². The number of aromatic nitrogens is 2. The Morgan fingerprint density at radius 2 is 1.78 bits per heavy atom. The van der Waals surface area contributed by atoms with Crippen LogP contribution in [0.5, 0.6) is 5.75 Å². The fourth-order valence-electron chi connectivity index (χ4n) is 4.26. The van der Waals surface area contributed by atoms with Gasteiger partial charge in [-0.25, -0.2) is 14.4 Å². The predicted octanol–water partition coefficient (Wildman–Crippen LogP) is 4.99. The molecule has 0 unspecified atom stereocenters. The van der Waals surface area contributed by atoms with Gasteiger partial charge in [-0.05, 0) is 41.0 Å². The number of methoxy groups -OCH3 is 1. The second-order valence-electron chi connectivity index (χ2n) is 8.23. The lowest BCUT2D eigenvalue weighted by molar-refractivity contribution is 0.101. The first-order valence-electron chi connectivity index (χ1n) is 10.8. The van der Waals surface area contributed by atoms with Crippen molar-refractivity contribution in [2.75, 3.05) is 32.1 Å². The van der Waals surface area contributed by atoms with E-state index in [4.69, 9.17) is 4.74 Å². The molecule has 1 saturated heterocycles. The maximum absolute atomic E-state index is 13.4. The minimum Gasteiger partial charge on any atom is -0.494 e. The maximum atomic E-state index is 13.4. The summed E-state index contributed by atoms with van der Waals surface area (Å²) in [6, 6.07) is 21.0. The largest absolute Gasteiger partial charge is 0.494 e. The predicted molar refractivity (Wildman–Crippen MR) is 125 cm³/mol. The van der Waals surface area contributed by atoms with E-state index >= 15 is 0 Å². The highest BCUT2D eigenvalue weighted by Crippen LogP contribution is 2.34. The molecule has 0 spiro atoms. The van der Waals surface area contributed by atoms with Crippen molar-refractivity contribution in [1.29, 1.82) is 0 Å². The molecule has 162 valence electrons. The molecule has 0 amide bonds. The zero-order valence-corrected chi connectivity index (χ0v) is 18.0. The van der Waals surface area contributed by atoms with Gasteiger partial charge in [-0.1, -0.05) is 42.5 Å². The molecule has 1 N–H and O–H groups in total. The summed E-state index contributed by atoms with van der Waals surface area (Å²) in [6.45, 7) is 3.97. The molecule has 0 aliphatic carbocycles. The first kappa shape index (κ1) is 20.4. The average molecular weight is 429 g/mol. The molecule has 5 rings (SSSR count). The molecule has 0 bridgehead atoms. The Morgan fingerprint density at radius 3 is 2.53 bits per heavy atom. The third-order valence-electron chi connectivity index (χ3n) is 5.94. The zero-order valence-electron chi connectivity index (χ0n) is 18.0. The van der Waals surface area contributed by atoms with Crippen molar-refractivity contribution in [2.24, 2.45) is 5.92 Å². The fourth-order valence-corrected chi connectivity index (χ4v) is 4.26. The van der Waals surface area contributed by atoms with Crippen LogP contribution < -0.4 is 10.1 Å². The van der Waals surface area contributed by atoms with Gasteiger partial charge in [0.05, 0.1) is 7.11 Å². The van der Waals surface area contributed by atoms with Crippen molar-refractivity contribution in [1.82, 2.24) is 14.9 Å². The van der Waals surface area contributed by atoms with Crippen molar-refractivity contribution in [2.45, 2.75) is 6.54 Å². The topological polar surface area (TPSA) is 50.3 Å². The summed E-state index contributed by atoms with van der Waals surface area (Å²) >= 11 is 0. The lowest BCUT2D eigenvalue weighted by atomic mass is 9.99. The molecule has 0 radical (unpaired) electrons. The molecule has 0 atom stereocenters. The van der Waals surface area contributed by atoms with Crippen LogP contribution in [0.3, 0.4) is 0 Å². The summed E-state index contributed by atoms with van der Waals surface area (Å²) in [5, 5.41) is 4.41. The normalized spacial score (nSPS) is 14.3. The van der Waals surface area contributed by atoms with E-state index in [1.54, 1.807) is 25.6 Å². The van der Waals surface area contributed by atoms with Gasteiger partial charge in [0.15, 0.2) is 0 Å². The Bertz CT molecular complexity index is 1210. The van der Waals surface area contributed by atoms with E-state index in [0.717, 1.165) is 54.0 Å². The maximum Gasteiger partial charge on any atom is 0.145 e. The third kappa shape index (κ3) is 4.27. The first-order chi connectivity index (χ1) is 15.7. The Labute approximate surface area is 186 Å². The van der Waals surface area contributed by atoms with Crippen molar-refractivity contribution >= 4 is 16.7 Å². The lowest BCUT2D eigenvalue weighted by Crippen LogP contribution is -2.48. The molecule has 32 heavy (non-hydrogen) atoms. The van der Waals surface area contributed by atoms with E-state index in [0.29, 0.717) is 11.7 Å². The third-order valence-corrected chi connectivity index (χ3v) is 5.94. The van der Waals surface area contributed by atoms with Gasteiger partial charge in [0.1, 0.15) is 29.2 Å². The van der Waals surface area contributed by atoms with Crippen LogP contribution in [0.2, 0.25) is 0 Å². The number of ether oxygens (including phenoxy) is 1. The number of nitrogens with zero attached hydrogens (tertiary/aromatic N) is 3. The molecule has 1 aliphatic heterocycles. The molecule has 2 heterocycles. The quantitative estimate of drug-likeness (QED) is 0.450. The number of fused-ring (bicyclic) bond motifs is 1. The van der Waals surface area contributed by atoms with Crippen molar-refractivity contribution in [3.63, 3.8) is 0 Å². The molecular formula is C26H25FN4O. The molecule has 5 nitrogen and oxygen atoms in total. The van der Waals surface area contributed by atoms with Crippen molar-refractivity contribution in [3.8, 4) is 16.9 Å². The van der Waals surface area contributed by atoms with E-state index in [9.17, 15) is 4.39 Å². The van der Waals surface area contributed by atoms with E-state index < -0.39 is 0 Å². The molecular weight excluding hydrogens is 403 g/mol. The molecule has 4 aromatic rings. The van der Waals surface area contributed by atoms with Crippen LogP contribution in [0.25, 0.3) is 22.0 Å². The SMILES string of the molecule is COc1cc(-c2ccc(F)cc2)cc2c(NCC3CN(Cc4ccccc4)C3)ncnc12. The Kier molecular flexibility index (Phi) is 5.69. The highest BCUT2D eigenvalue weighted by Gasteiger charge is 2.26.